The molecule has 27 heavy (non-hydrogen) atoms. The van der Waals surface area contributed by atoms with Crippen LogP contribution in [0.5, 0.6) is 0 Å². The van der Waals surface area contributed by atoms with Crippen LogP contribution in [-0.2, 0) is 14.3 Å². The summed E-state index contributed by atoms with van der Waals surface area (Å²) < 4.78 is 5.75. The van der Waals surface area contributed by atoms with E-state index in [9.17, 15) is 24.9 Å². The van der Waals surface area contributed by atoms with Crippen LogP contribution in [0.15, 0.2) is 24.3 Å². The van der Waals surface area contributed by atoms with E-state index in [1.165, 1.54) is 0 Å². The second kappa shape index (κ2) is 4.62. The molecule has 0 aromatic rings. The first-order chi connectivity index (χ1) is 12.5. The minimum atomic E-state index is -2.23. The van der Waals surface area contributed by atoms with E-state index in [0.29, 0.717) is 24.8 Å². The molecule has 6 nitrogen and oxygen atoms in total. The van der Waals surface area contributed by atoms with Gasteiger partial charge in [-0.1, -0.05) is 27.0 Å². The van der Waals surface area contributed by atoms with Crippen molar-refractivity contribution in [3.63, 3.8) is 0 Å². The Labute approximate surface area is 157 Å². The van der Waals surface area contributed by atoms with Crippen molar-refractivity contribution in [1.82, 2.24) is 0 Å². The zero-order chi connectivity index (χ0) is 19.7. The summed E-state index contributed by atoms with van der Waals surface area (Å²) in [5.41, 5.74) is -2.71. The number of aliphatic hydroxyl groups excluding tert-OH is 2. The first-order valence-corrected chi connectivity index (χ1v) is 9.66. The lowest BCUT2D eigenvalue weighted by Gasteiger charge is -2.73. The Morgan fingerprint density at radius 2 is 1.74 bits per heavy atom. The second-order valence-corrected chi connectivity index (χ2v) is 9.95. The summed E-state index contributed by atoms with van der Waals surface area (Å²) >= 11 is 0. The Hall–Kier alpha value is -1.34. The fraction of sp³-hybridized carbons (Fsp3) is 0.714. The van der Waals surface area contributed by atoms with Crippen LogP contribution in [0.4, 0.5) is 0 Å². The zero-order valence-corrected chi connectivity index (χ0v) is 15.7. The van der Waals surface area contributed by atoms with Crippen LogP contribution in [-0.4, -0.2) is 51.5 Å². The van der Waals surface area contributed by atoms with E-state index in [1.54, 1.807) is 0 Å². The van der Waals surface area contributed by atoms with Crippen LogP contribution < -0.4 is 0 Å². The topological polar surface area (TPSA) is 104 Å². The van der Waals surface area contributed by atoms with E-state index >= 15 is 0 Å². The van der Waals surface area contributed by atoms with Crippen LogP contribution in [0, 0.1) is 34.0 Å². The third-order valence-corrected chi connectivity index (χ3v) is 8.55. The van der Waals surface area contributed by atoms with Gasteiger partial charge in [-0.05, 0) is 41.7 Å². The van der Waals surface area contributed by atoms with Crippen molar-refractivity contribution in [2.75, 3.05) is 6.61 Å². The molecule has 2 spiro atoms. The van der Waals surface area contributed by atoms with Crippen molar-refractivity contribution in [1.29, 1.82) is 0 Å². The average molecular weight is 374 g/mol. The second-order valence-electron chi connectivity index (χ2n) is 9.95. The fourth-order valence-electron chi connectivity index (χ4n) is 7.79. The lowest BCUT2D eigenvalue weighted by atomic mass is 9.35. The molecule has 8 unspecified atom stereocenters. The van der Waals surface area contributed by atoms with Gasteiger partial charge in [-0.15, -0.1) is 0 Å². The van der Waals surface area contributed by atoms with Gasteiger partial charge >= 0.3 is 0 Å². The van der Waals surface area contributed by atoms with E-state index in [1.807, 2.05) is 13.8 Å². The number of fused-ring (bicyclic) bond motifs is 2. The van der Waals surface area contributed by atoms with Gasteiger partial charge in [0, 0.05) is 11.8 Å². The van der Waals surface area contributed by atoms with E-state index in [0.717, 1.165) is 0 Å². The predicted octanol–water partition coefficient (Wildman–Crippen LogP) is 0.750. The molecule has 6 heteroatoms. The van der Waals surface area contributed by atoms with Gasteiger partial charge in [-0.2, -0.15) is 0 Å². The standard InChI is InChI=1S/C21H26O6/c1-9-7-18(3,4)13-17(25)21(26)20-12(19(13,8-27-21)14(9)22)6-5-11(16(20)24)10(2)15(20)23/h11-13,16-17,24-26H,1-2,5-8H2,3-4H3. The molecule has 0 aromatic carbocycles. The molecule has 146 valence electrons. The summed E-state index contributed by atoms with van der Waals surface area (Å²) in [6, 6.07) is 0. The summed E-state index contributed by atoms with van der Waals surface area (Å²) in [6.07, 6.45) is -1.25. The number of rotatable bonds is 0. The zero-order valence-electron chi connectivity index (χ0n) is 15.7. The van der Waals surface area contributed by atoms with Gasteiger partial charge in [0.1, 0.15) is 11.5 Å². The number of ether oxygens (including phenoxy) is 1. The Balaban J connectivity index is 1.84. The lowest BCUT2D eigenvalue weighted by Crippen LogP contribution is -2.85. The molecule has 6 fully saturated rings. The third kappa shape index (κ3) is 1.47. The van der Waals surface area contributed by atoms with Crippen LogP contribution in [0.25, 0.3) is 0 Å². The van der Waals surface area contributed by atoms with Crippen molar-refractivity contribution in [2.24, 2.45) is 34.0 Å². The number of ketones is 2. The molecule has 2 heterocycles. The van der Waals surface area contributed by atoms with Crippen LogP contribution in [0.3, 0.4) is 0 Å². The molecule has 2 saturated heterocycles. The molecular weight excluding hydrogens is 348 g/mol. The molecule has 6 aliphatic rings. The Morgan fingerprint density at radius 1 is 1.07 bits per heavy atom. The van der Waals surface area contributed by atoms with Crippen molar-refractivity contribution in [3.8, 4) is 0 Å². The molecule has 6 rings (SSSR count). The van der Waals surface area contributed by atoms with Crippen molar-refractivity contribution in [3.05, 3.63) is 24.3 Å². The fourth-order valence-corrected chi connectivity index (χ4v) is 7.79. The number of aliphatic hydroxyl groups is 3. The first-order valence-electron chi connectivity index (χ1n) is 9.66. The molecule has 4 bridgehead atoms. The largest absolute Gasteiger partial charge is 0.391 e. The van der Waals surface area contributed by atoms with Gasteiger partial charge in [-0.3, -0.25) is 9.59 Å². The predicted molar refractivity (Wildman–Crippen MR) is 94.2 cm³/mol. The van der Waals surface area contributed by atoms with Crippen LogP contribution >= 0.6 is 0 Å². The highest BCUT2D eigenvalue weighted by atomic mass is 16.6. The molecule has 0 amide bonds. The molecule has 2 aliphatic heterocycles. The van der Waals surface area contributed by atoms with E-state index in [4.69, 9.17) is 4.74 Å². The first kappa shape index (κ1) is 17.7. The van der Waals surface area contributed by atoms with Crippen molar-refractivity contribution in [2.45, 2.75) is 51.1 Å². The number of Topliss-reactive ketones (excluding diaryl/α,β-unsaturated/α-hetero) is 2. The van der Waals surface area contributed by atoms with Crippen molar-refractivity contribution < 1.29 is 29.6 Å². The molecule has 4 aliphatic carbocycles. The van der Waals surface area contributed by atoms with Crippen LogP contribution in [0.1, 0.15) is 33.1 Å². The third-order valence-electron chi connectivity index (χ3n) is 8.55. The van der Waals surface area contributed by atoms with Gasteiger partial charge < -0.3 is 20.1 Å². The number of carbonyl (C=O) groups is 2. The summed E-state index contributed by atoms with van der Waals surface area (Å²) in [6.45, 7) is 11.7. The van der Waals surface area contributed by atoms with E-state index in [2.05, 4.69) is 13.2 Å². The number of hydrogen-bond donors (Lipinski definition) is 3. The molecular formula is C21H26O6. The minimum absolute atomic E-state index is 0.0733. The minimum Gasteiger partial charge on any atom is -0.391 e. The van der Waals surface area contributed by atoms with Crippen molar-refractivity contribution >= 4 is 11.6 Å². The molecule has 4 saturated carbocycles. The van der Waals surface area contributed by atoms with Gasteiger partial charge in [0.25, 0.3) is 0 Å². The summed E-state index contributed by atoms with van der Waals surface area (Å²) in [5, 5.41) is 34.1. The maximum absolute atomic E-state index is 13.5. The summed E-state index contributed by atoms with van der Waals surface area (Å²) in [7, 11) is 0. The summed E-state index contributed by atoms with van der Waals surface area (Å²) in [5.74, 6) is -4.56. The lowest BCUT2D eigenvalue weighted by molar-refractivity contribution is -0.436. The molecule has 3 N–H and O–H groups in total. The molecule has 0 aromatic heterocycles. The monoisotopic (exact) mass is 374 g/mol. The maximum Gasteiger partial charge on any atom is 0.208 e. The molecule has 0 radical (unpaired) electrons. The smallest absolute Gasteiger partial charge is 0.208 e. The number of allylic oxidation sites excluding steroid dienone is 1. The normalized spacial score (nSPS) is 55.5. The number of hydrogen-bond acceptors (Lipinski definition) is 6. The average Bonchev–Trinajstić information content (AvgIpc) is 2.70. The van der Waals surface area contributed by atoms with E-state index < -0.39 is 57.8 Å². The quantitative estimate of drug-likeness (QED) is 0.541. The van der Waals surface area contributed by atoms with Gasteiger partial charge in [0.15, 0.2) is 11.6 Å². The number of carbonyl (C=O) groups excluding carboxylic acids is 2. The van der Waals surface area contributed by atoms with Gasteiger partial charge in [0.05, 0.1) is 18.1 Å². The highest BCUT2D eigenvalue weighted by molar-refractivity contribution is 6.08. The SMILES string of the molecule is C=C1CC(C)(C)C2C(O)C3(O)OCC2(C1=O)C1CCC2C(=C)C(=O)C13C2O. The highest BCUT2D eigenvalue weighted by Crippen LogP contribution is 2.75. The van der Waals surface area contributed by atoms with Crippen LogP contribution in [0.2, 0.25) is 0 Å². The van der Waals surface area contributed by atoms with Gasteiger partial charge in [-0.25, -0.2) is 0 Å². The van der Waals surface area contributed by atoms with E-state index in [-0.39, 0.29) is 18.0 Å². The highest BCUT2D eigenvalue weighted by Gasteiger charge is 2.87. The van der Waals surface area contributed by atoms with Gasteiger partial charge in [0.2, 0.25) is 5.79 Å². The Morgan fingerprint density at radius 3 is 2.41 bits per heavy atom. The Bertz CT molecular complexity index is 829. The maximum atomic E-state index is 13.5. The summed E-state index contributed by atoms with van der Waals surface area (Å²) in [4.78, 5) is 26.9. The Kier molecular flexibility index (Phi) is 3.04. The molecule has 8 atom stereocenters.